The van der Waals surface area contributed by atoms with Crippen molar-refractivity contribution < 1.29 is 20.5 Å². The lowest BCUT2D eigenvalue weighted by molar-refractivity contribution is -0.141. The molecule has 2 bridgehead atoms. The lowest BCUT2D eigenvalue weighted by atomic mass is 9.78. The number of hydrogen-bond acceptors (Lipinski definition) is 6. The van der Waals surface area contributed by atoms with Crippen LogP contribution in [0.15, 0.2) is 35.4 Å². The summed E-state index contributed by atoms with van der Waals surface area (Å²) in [7, 11) is 0. The van der Waals surface area contributed by atoms with E-state index in [-0.39, 0.29) is 53.5 Å². The highest BCUT2D eigenvalue weighted by atomic mass is 35.5. The molecular formula is C28H40Cl2N4O4S. The van der Waals surface area contributed by atoms with Crippen LogP contribution in [0.2, 0.25) is 0 Å². The van der Waals surface area contributed by atoms with Gasteiger partial charge in [0, 0.05) is 50.2 Å². The number of aromatic nitrogens is 1. The summed E-state index contributed by atoms with van der Waals surface area (Å²) in [6.45, 7) is 5.86. The van der Waals surface area contributed by atoms with Gasteiger partial charge in [0.1, 0.15) is 5.82 Å². The molecule has 2 aliphatic heterocycles. The number of carbonyl (C=O) groups is 2. The summed E-state index contributed by atoms with van der Waals surface area (Å²) in [5.74, 6) is 2.66. The largest absolute Gasteiger partial charge is 0.412 e. The quantitative estimate of drug-likeness (QED) is 0.488. The summed E-state index contributed by atoms with van der Waals surface area (Å²) < 4.78 is 6.02. The van der Waals surface area contributed by atoms with Crippen LogP contribution in [0.5, 0.6) is 0 Å². The average Bonchev–Trinajstić information content (AvgIpc) is 3.66. The Morgan fingerprint density at radius 1 is 0.897 bits per heavy atom. The predicted molar refractivity (Wildman–Crippen MR) is 160 cm³/mol. The van der Waals surface area contributed by atoms with Crippen molar-refractivity contribution in [1.82, 2.24) is 14.2 Å². The van der Waals surface area contributed by atoms with Crippen LogP contribution >= 0.6 is 36.3 Å². The van der Waals surface area contributed by atoms with E-state index in [0.717, 1.165) is 69.8 Å². The molecular weight excluding hydrogens is 559 g/mol. The molecule has 1 aromatic heterocycles. The SMILES string of the molecule is Cl.Cl.O.O.O=C1C2=C3CC[C@@H](C3)[C@H]2C(=O)N1CC1CCCC[C@H]1CN1CCN(c2nsc3ccccc23)CC1. The van der Waals surface area contributed by atoms with Gasteiger partial charge in [0.25, 0.3) is 5.91 Å². The molecule has 7 rings (SSSR count). The van der Waals surface area contributed by atoms with Crippen LogP contribution in [-0.4, -0.2) is 76.2 Å². The fourth-order valence-electron chi connectivity index (χ4n) is 7.63. The van der Waals surface area contributed by atoms with Crippen LogP contribution in [0.25, 0.3) is 10.1 Å². The van der Waals surface area contributed by atoms with Gasteiger partial charge in [0.2, 0.25) is 5.91 Å². The third-order valence-electron chi connectivity index (χ3n) is 9.50. The Morgan fingerprint density at radius 2 is 1.59 bits per heavy atom. The van der Waals surface area contributed by atoms with Gasteiger partial charge < -0.3 is 15.9 Å². The normalized spacial score (nSPS) is 28.1. The van der Waals surface area contributed by atoms with E-state index in [9.17, 15) is 9.59 Å². The van der Waals surface area contributed by atoms with E-state index in [1.165, 1.54) is 34.9 Å². The fraction of sp³-hybridized carbons (Fsp3) is 0.607. The first kappa shape index (κ1) is 31.8. The number of nitrogens with zero attached hydrogens (tertiary/aromatic N) is 4. The van der Waals surface area contributed by atoms with E-state index in [0.29, 0.717) is 24.3 Å². The second-order valence-electron chi connectivity index (χ2n) is 11.3. The van der Waals surface area contributed by atoms with Gasteiger partial charge in [0.15, 0.2) is 0 Å². The van der Waals surface area contributed by atoms with Gasteiger partial charge in [-0.25, -0.2) is 0 Å². The Hall–Kier alpha value is -1.75. The zero-order chi connectivity index (χ0) is 23.5. The lowest BCUT2D eigenvalue weighted by Gasteiger charge is -2.40. The Balaban J connectivity index is 0.00000105. The number of rotatable bonds is 5. The van der Waals surface area contributed by atoms with Crippen molar-refractivity contribution in [3.63, 3.8) is 0 Å². The van der Waals surface area contributed by atoms with Crippen LogP contribution in [-0.2, 0) is 9.59 Å². The van der Waals surface area contributed by atoms with Gasteiger partial charge in [-0.2, -0.15) is 4.37 Å². The van der Waals surface area contributed by atoms with Crippen molar-refractivity contribution in [2.45, 2.75) is 44.9 Å². The summed E-state index contributed by atoms with van der Waals surface area (Å²) in [5, 5.41) is 1.27. The molecule has 8 nitrogen and oxygen atoms in total. The molecule has 2 aromatic rings. The maximum atomic E-state index is 13.2. The van der Waals surface area contributed by atoms with Crippen molar-refractivity contribution >= 4 is 64.1 Å². The van der Waals surface area contributed by atoms with E-state index in [1.54, 1.807) is 16.4 Å². The summed E-state index contributed by atoms with van der Waals surface area (Å²) in [4.78, 5) is 33.2. The van der Waals surface area contributed by atoms with Gasteiger partial charge in [-0.3, -0.25) is 19.4 Å². The predicted octanol–water partition coefficient (Wildman–Crippen LogP) is 3.51. The average molecular weight is 600 g/mol. The fourth-order valence-corrected chi connectivity index (χ4v) is 8.43. The highest BCUT2D eigenvalue weighted by Crippen LogP contribution is 2.52. The minimum atomic E-state index is -0.0943. The van der Waals surface area contributed by atoms with Crippen molar-refractivity contribution in [3.8, 4) is 0 Å². The molecule has 4 N–H and O–H groups in total. The zero-order valence-electron chi connectivity index (χ0n) is 22.1. The maximum absolute atomic E-state index is 13.2. The molecule has 4 atom stereocenters. The number of imide groups is 1. The minimum Gasteiger partial charge on any atom is -0.412 e. The molecule has 1 unspecified atom stereocenters. The first-order chi connectivity index (χ1) is 17.2. The van der Waals surface area contributed by atoms with Crippen molar-refractivity contribution in [2.24, 2.45) is 23.7 Å². The molecule has 5 aliphatic rings. The first-order valence-electron chi connectivity index (χ1n) is 13.6. The molecule has 0 radical (unpaired) electrons. The van der Waals surface area contributed by atoms with E-state index >= 15 is 0 Å². The number of allylic oxidation sites excluding steroid dienone is 1. The summed E-state index contributed by atoms with van der Waals surface area (Å²) >= 11 is 1.59. The molecule has 2 saturated carbocycles. The van der Waals surface area contributed by atoms with Crippen molar-refractivity contribution in [2.75, 3.05) is 44.2 Å². The second-order valence-corrected chi connectivity index (χ2v) is 12.2. The number of hydrogen-bond donors (Lipinski definition) is 0. The Bertz CT molecular complexity index is 1220. The van der Waals surface area contributed by atoms with Gasteiger partial charge in [-0.1, -0.05) is 30.5 Å². The summed E-state index contributed by atoms with van der Waals surface area (Å²) in [6, 6.07) is 8.52. The number of piperazine rings is 1. The van der Waals surface area contributed by atoms with Gasteiger partial charge in [-0.15, -0.1) is 24.8 Å². The molecule has 39 heavy (non-hydrogen) atoms. The van der Waals surface area contributed by atoms with Crippen molar-refractivity contribution in [1.29, 1.82) is 0 Å². The maximum Gasteiger partial charge on any atom is 0.257 e. The summed E-state index contributed by atoms with van der Waals surface area (Å²) in [5.41, 5.74) is 2.20. The van der Waals surface area contributed by atoms with E-state index < -0.39 is 0 Å². The van der Waals surface area contributed by atoms with Gasteiger partial charge in [0.05, 0.1) is 10.6 Å². The molecule has 216 valence electrons. The molecule has 0 spiro atoms. The van der Waals surface area contributed by atoms with E-state index in [4.69, 9.17) is 4.37 Å². The number of benzene rings is 1. The van der Waals surface area contributed by atoms with E-state index in [1.807, 2.05) is 0 Å². The Morgan fingerprint density at radius 3 is 2.31 bits per heavy atom. The third kappa shape index (κ3) is 5.46. The number of halogens is 2. The smallest absolute Gasteiger partial charge is 0.257 e. The zero-order valence-corrected chi connectivity index (χ0v) is 24.6. The van der Waals surface area contributed by atoms with Crippen molar-refractivity contribution in [3.05, 3.63) is 35.4 Å². The number of amides is 2. The van der Waals surface area contributed by atoms with Crippen LogP contribution in [0.4, 0.5) is 5.82 Å². The Labute approximate surface area is 246 Å². The summed E-state index contributed by atoms with van der Waals surface area (Å²) in [6.07, 6.45) is 8.00. The van der Waals surface area contributed by atoms with Crippen LogP contribution < -0.4 is 4.90 Å². The first-order valence-corrected chi connectivity index (χ1v) is 14.3. The highest BCUT2D eigenvalue weighted by Gasteiger charge is 2.54. The minimum absolute atomic E-state index is 0. The van der Waals surface area contributed by atoms with E-state index in [2.05, 4.69) is 34.1 Å². The number of likely N-dealkylation sites (tertiary alicyclic amines) is 1. The molecule has 4 fully saturated rings. The molecule has 1 aromatic carbocycles. The van der Waals surface area contributed by atoms with Crippen LogP contribution in [0.1, 0.15) is 44.9 Å². The number of anilines is 1. The van der Waals surface area contributed by atoms with Crippen LogP contribution in [0.3, 0.4) is 0 Å². The molecule has 2 saturated heterocycles. The molecule has 3 heterocycles. The topological polar surface area (TPSA) is 120 Å². The van der Waals surface area contributed by atoms with Crippen LogP contribution in [0, 0.1) is 23.7 Å². The number of fused-ring (bicyclic) bond motifs is 5. The standard InChI is InChI=1S/C28H34N4O2S.2ClH.2H2O/c33-27-24-18-9-10-19(15-18)25(24)28(34)32(27)17-21-6-2-1-5-20(21)16-30-11-13-31(14-12-30)26-22-7-3-4-8-23(22)35-29-26;;;;/h3-4,7-8,18,20-21,24H,1-2,5-6,9-17H2;2*1H;2*1H2/t18-,20-,21?,24+;;;;/m0..../s1. The lowest BCUT2D eigenvalue weighted by Crippen LogP contribution is -2.49. The van der Waals surface area contributed by atoms with Gasteiger partial charge >= 0.3 is 0 Å². The molecule has 2 amide bonds. The van der Waals surface area contributed by atoms with Gasteiger partial charge in [-0.05, 0) is 73.5 Å². The molecule has 11 heteroatoms. The molecule has 3 aliphatic carbocycles. The second kappa shape index (κ2) is 12.8. The third-order valence-corrected chi connectivity index (χ3v) is 10.3. The number of carbonyl (C=O) groups excluding carboxylic acids is 2. The highest BCUT2D eigenvalue weighted by molar-refractivity contribution is 7.13. The monoisotopic (exact) mass is 598 g/mol. The Kier molecular flexibility index (Phi) is 10.5.